The predicted octanol–water partition coefficient (Wildman–Crippen LogP) is 3.03. The van der Waals surface area contributed by atoms with Crippen molar-refractivity contribution < 1.29 is 0 Å². The fraction of sp³-hybridized carbons (Fsp3) is 0.308. The van der Waals surface area contributed by atoms with Gasteiger partial charge in [-0.2, -0.15) is 0 Å². The second-order valence-corrected chi connectivity index (χ2v) is 3.25. The second-order valence-electron chi connectivity index (χ2n) is 3.25. The van der Waals surface area contributed by atoms with E-state index < -0.39 is 0 Å². The highest BCUT2D eigenvalue weighted by Gasteiger charge is 1.95. The summed E-state index contributed by atoms with van der Waals surface area (Å²) in [5, 5.41) is 7.45. The Kier molecular flexibility index (Phi) is 3.94. The van der Waals surface area contributed by atoms with E-state index in [0.29, 0.717) is 5.71 Å². The zero-order valence-electron chi connectivity index (χ0n) is 8.72. The molecular formula is C13H15N. The van der Waals surface area contributed by atoms with Gasteiger partial charge in [-0.3, -0.25) is 0 Å². The maximum absolute atomic E-state index is 7.45. The number of hydrogen-bond acceptors (Lipinski definition) is 1. The molecule has 0 radical (unpaired) electrons. The van der Waals surface area contributed by atoms with Crippen LogP contribution in [0, 0.1) is 17.3 Å². The molecule has 0 saturated carbocycles. The number of nitrogens with one attached hydrogen (secondary N) is 1. The van der Waals surface area contributed by atoms with Gasteiger partial charge in [0.25, 0.3) is 0 Å². The molecule has 1 nitrogen and oxygen atoms in total. The summed E-state index contributed by atoms with van der Waals surface area (Å²) in [7, 11) is 0. The van der Waals surface area contributed by atoms with Crippen molar-refractivity contribution in [2.75, 3.05) is 0 Å². The van der Waals surface area contributed by atoms with Crippen molar-refractivity contribution in [2.45, 2.75) is 26.7 Å². The first-order chi connectivity index (χ1) is 6.74. The quantitative estimate of drug-likeness (QED) is 0.553. The molecule has 1 N–H and O–H groups in total. The molecule has 0 aliphatic carbocycles. The summed E-state index contributed by atoms with van der Waals surface area (Å²) < 4.78 is 0. The van der Waals surface area contributed by atoms with Crippen molar-refractivity contribution in [3.05, 3.63) is 35.4 Å². The third-order valence-corrected chi connectivity index (χ3v) is 2.10. The van der Waals surface area contributed by atoms with Gasteiger partial charge in [-0.25, -0.2) is 0 Å². The fourth-order valence-electron chi connectivity index (χ4n) is 1.25. The van der Waals surface area contributed by atoms with Crippen LogP contribution in [-0.2, 0) is 6.42 Å². The van der Waals surface area contributed by atoms with Crippen molar-refractivity contribution in [1.29, 1.82) is 5.41 Å². The van der Waals surface area contributed by atoms with E-state index in [1.807, 2.05) is 19.1 Å². The van der Waals surface area contributed by atoms with Crippen LogP contribution in [0.4, 0.5) is 0 Å². The molecule has 14 heavy (non-hydrogen) atoms. The van der Waals surface area contributed by atoms with E-state index in [-0.39, 0.29) is 0 Å². The normalized spacial score (nSPS) is 9.00. The molecule has 0 fully saturated rings. The molecule has 1 heteroatoms. The fourth-order valence-corrected chi connectivity index (χ4v) is 1.25. The Labute approximate surface area is 85.7 Å². The summed E-state index contributed by atoms with van der Waals surface area (Å²) >= 11 is 0. The zero-order chi connectivity index (χ0) is 10.4. The third kappa shape index (κ3) is 3.06. The molecule has 1 aromatic rings. The van der Waals surface area contributed by atoms with Gasteiger partial charge in [0, 0.05) is 12.1 Å². The van der Waals surface area contributed by atoms with Gasteiger partial charge in [-0.15, -0.1) is 11.8 Å². The molecule has 1 rings (SSSR count). The van der Waals surface area contributed by atoms with Gasteiger partial charge in [-0.05, 0) is 31.4 Å². The minimum atomic E-state index is 0.616. The molecule has 0 spiro atoms. The van der Waals surface area contributed by atoms with Gasteiger partial charge in [0.05, 0.1) is 0 Å². The lowest BCUT2D eigenvalue weighted by Gasteiger charge is -2.00. The highest BCUT2D eigenvalue weighted by molar-refractivity contribution is 5.96. The second kappa shape index (κ2) is 5.24. The Bertz CT molecular complexity index is 362. The zero-order valence-corrected chi connectivity index (χ0v) is 8.72. The van der Waals surface area contributed by atoms with E-state index >= 15 is 0 Å². The van der Waals surface area contributed by atoms with Crippen molar-refractivity contribution >= 4 is 5.71 Å². The first-order valence-corrected chi connectivity index (χ1v) is 4.78. The summed E-state index contributed by atoms with van der Waals surface area (Å²) in [6.07, 6.45) is 1.91. The molecule has 0 saturated heterocycles. The first-order valence-electron chi connectivity index (χ1n) is 4.78. The monoisotopic (exact) mass is 185 g/mol. The van der Waals surface area contributed by atoms with E-state index in [9.17, 15) is 0 Å². The summed E-state index contributed by atoms with van der Waals surface area (Å²) in [5.74, 6) is 5.93. The molecule has 72 valence electrons. The van der Waals surface area contributed by atoms with Crippen LogP contribution in [0.25, 0.3) is 0 Å². The highest BCUT2D eigenvalue weighted by atomic mass is 14.4. The maximum Gasteiger partial charge on any atom is 0.0355 e. The van der Waals surface area contributed by atoms with Crippen LogP contribution in [0.3, 0.4) is 0 Å². The lowest BCUT2D eigenvalue weighted by atomic mass is 10.1. The Morgan fingerprint density at radius 1 is 1.29 bits per heavy atom. The van der Waals surface area contributed by atoms with E-state index in [0.717, 1.165) is 18.4 Å². The highest BCUT2D eigenvalue weighted by Crippen LogP contribution is 2.06. The Morgan fingerprint density at radius 2 is 1.93 bits per heavy atom. The number of hydrogen-bond donors (Lipinski definition) is 1. The topological polar surface area (TPSA) is 23.9 Å². The summed E-state index contributed by atoms with van der Waals surface area (Å²) in [5.41, 5.74) is 2.90. The van der Waals surface area contributed by atoms with Crippen LogP contribution in [0.15, 0.2) is 24.3 Å². The molecule has 1 aromatic carbocycles. The van der Waals surface area contributed by atoms with Gasteiger partial charge in [0.15, 0.2) is 0 Å². The van der Waals surface area contributed by atoms with E-state index in [1.165, 1.54) is 5.56 Å². The van der Waals surface area contributed by atoms with Crippen LogP contribution in [-0.4, -0.2) is 5.71 Å². The summed E-state index contributed by atoms with van der Waals surface area (Å²) in [6.45, 7) is 3.67. The van der Waals surface area contributed by atoms with Crippen molar-refractivity contribution in [3.63, 3.8) is 0 Å². The Hall–Kier alpha value is -1.55. The molecule has 0 atom stereocenters. The van der Waals surface area contributed by atoms with Crippen LogP contribution in [0.1, 0.15) is 31.4 Å². The van der Waals surface area contributed by atoms with Gasteiger partial charge < -0.3 is 5.41 Å². The molecule has 0 unspecified atom stereocenters. The van der Waals surface area contributed by atoms with Gasteiger partial charge in [0.1, 0.15) is 0 Å². The lowest BCUT2D eigenvalue weighted by Crippen LogP contribution is -1.92. The molecule has 0 heterocycles. The van der Waals surface area contributed by atoms with Crippen LogP contribution in [0.2, 0.25) is 0 Å². The van der Waals surface area contributed by atoms with Crippen molar-refractivity contribution in [3.8, 4) is 11.8 Å². The summed E-state index contributed by atoms with van der Waals surface area (Å²) in [4.78, 5) is 0. The largest absolute Gasteiger partial charge is 0.305 e. The van der Waals surface area contributed by atoms with Crippen molar-refractivity contribution in [1.82, 2.24) is 0 Å². The molecule has 0 bridgehead atoms. The van der Waals surface area contributed by atoms with E-state index in [4.69, 9.17) is 5.41 Å². The van der Waals surface area contributed by atoms with Gasteiger partial charge >= 0.3 is 0 Å². The molecular weight excluding hydrogens is 170 g/mol. The third-order valence-electron chi connectivity index (χ3n) is 2.10. The van der Waals surface area contributed by atoms with Crippen LogP contribution >= 0.6 is 0 Å². The van der Waals surface area contributed by atoms with Gasteiger partial charge in [-0.1, -0.05) is 24.3 Å². The Balaban J connectivity index is 2.62. The average molecular weight is 185 g/mol. The van der Waals surface area contributed by atoms with Crippen LogP contribution in [0.5, 0.6) is 0 Å². The first kappa shape index (κ1) is 10.5. The average Bonchev–Trinajstić information content (AvgIpc) is 2.19. The van der Waals surface area contributed by atoms with Crippen LogP contribution < -0.4 is 0 Å². The predicted molar refractivity (Wildman–Crippen MR) is 60.7 cm³/mol. The van der Waals surface area contributed by atoms with Crippen molar-refractivity contribution in [2.24, 2.45) is 0 Å². The number of benzene rings is 1. The number of aryl methyl sites for hydroxylation is 1. The maximum atomic E-state index is 7.45. The number of rotatable bonds is 3. The lowest BCUT2D eigenvalue weighted by molar-refractivity contribution is 1.03. The molecule has 0 aromatic heterocycles. The standard InChI is InChI=1S/C13H15N/c1-3-4-5-6-12-7-9-13(10-8-12)11(2)14/h7-10,14H,5-6H2,1-2H3. The van der Waals surface area contributed by atoms with Gasteiger partial charge in [0.2, 0.25) is 0 Å². The minimum absolute atomic E-state index is 0.616. The SMILES string of the molecule is CC#CCCc1ccc(C(C)=N)cc1. The smallest absolute Gasteiger partial charge is 0.0355 e. The van der Waals surface area contributed by atoms with E-state index in [2.05, 4.69) is 24.0 Å². The molecule has 0 aliphatic heterocycles. The molecule has 0 amide bonds. The molecule has 0 aliphatic rings. The van der Waals surface area contributed by atoms with E-state index in [1.54, 1.807) is 6.92 Å². The Morgan fingerprint density at radius 3 is 2.43 bits per heavy atom. The summed E-state index contributed by atoms with van der Waals surface area (Å²) in [6, 6.07) is 8.14. The minimum Gasteiger partial charge on any atom is -0.305 e.